The number of aromatic nitrogens is 3. The number of fused-ring (bicyclic) bond motifs is 1. The average Bonchev–Trinajstić information content (AvgIpc) is 2.77. The summed E-state index contributed by atoms with van der Waals surface area (Å²) in [6, 6.07) is 12.2. The van der Waals surface area contributed by atoms with Gasteiger partial charge < -0.3 is 9.88 Å². The Kier molecular flexibility index (Phi) is 3.14. The van der Waals surface area contributed by atoms with E-state index in [1.807, 2.05) is 50.4 Å². The van der Waals surface area contributed by atoms with Crippen molar-refractivity contribution in [2.24, 2.45) is 7.05 Å². The predicted molar refractivity (Wildman–Crippen MR) is 82.3 cm³/mol. The third-order valence-electron chi connectivity index (χ3n) is 3.42. The number of aryl methyl sites for hydroxylation is 3. The second kappa shape index (κ2) is 4.96. The van der Waals surface area contributed by atoms with E-state index in [-0.39, 0.29) is 0 Å². The van der Waals surface area contributed by atoms with Crippen molar-refractivity contribution in [3.05, 3.63) is 47.9 Å². The second-order valence-corrected chi connectivity index (χ2v) is 4.92. The Hall–Kier alpha value is -2.36. The van der Waals surface area contributed by atoms with Crippen LogP contribution in [0.1, 0.15) is 18.4 Å². The number of para-hydroxylation sites is 1. The van der Waals surface area contributed by atoms with Gasteiger partial charge in [0.05, 0.1) is 5.69 Å². The van der Waals surface area contributed by atoms with Gasteiger partial charge in [0.1, 0.15) is 11.3 Å². The molecule has 0 fully saturated rings. The van der Waals surface area contributed by atoms with Crippen molar-refractivity contribution in [1.82, 2.24) is 14.5 Å². The number of nitrogens with zero attached hydrogens (tertiary/aromatic N) is 3. The van der Waals surface area contributed by atoms with Gasteiger partial charge in [-0.05, 0) is 25.1 Å². The van der Waals surface area contributed by atoms with Crippen molar-refractivity contribution in [2.45, 2.75) is 20.3 Å². The molecule has 0 aliphatic heterocycles. The second-order valence-electron chi connectivity index (χ2n) is 4.92. The Morgan fingerprint density at radius 3 is 2.60 bits per heavy atom. The van der Waals surface area contributed by atoms with Crippen LogP contribution in [0.5, 0.6) is 0 Å². The molecule has 0 atom stereocenters. The van der Waals surface area contributed by atoms with Crippen LogP contribution < -0.4 is 5.32 Å². The van der Waals surface area contributed by atoms with Crippen molar-refractivity contribution in [3.8, 4) is 0 Å². The molecule has 2 aromatic heterocycles. The van der Waals surface area contributed by atoms with Gasteiger partial charge in [-0.25, -0.2) is 9.97 Å². The molecule has 0 amide bonds. The summed E-state index contributed by atoms with van der Waals surface area (Å²) in [5.74, 6) is 1.05. The standard InChI is InChI=1S/C16H18N4/c1-4-14-19-15-13(18-12-8-6-5-7-9-12)10-11(2)17-16(15)20(14)3/h5-10H,4H2,1-3H3,(H,17,18). The molecular weight excluding hydrogens is 248 g/mol. The van der Waals surface area contributed by atoms with E-state index in [2.05, 4.69) is 21.8 Å². The SMILES string of the molecule is CCc1nc2c(Nc3ccccc3)cc(C)nc2n1C. The predicted octanol–water partition coefficient (Wildman–Crippen LogP) is 3.58. The number of hydrogen-bond donors (Lipinski definition) is 1. The van der Waals surface area contributed by atoms with Crippen molar-refractivity contribution in [2.75, 3.05) is 5.32 Å². The summed E-state index contributed by atoms with van der Waals surface area (Å²) in [6.07, 6.45) is 0.899. The molecule has 1 N–H and O–H groups in total. The quantitative estimate of drug-likeness (QED) is 0.788. The number of hydrogen-bond acceptors (Lipinski definition) is 3. The number of pyridine rings is 1. The summed E-state index contributed by atoms with van der Waals surface area (Å²) in [5.41, 5.74) is 4.91. The molecule has 3 rings (SSSR count). The summed E-state index contributed by atoms with van der Waals surface area (Å²) >= 11 is 0. The first-order valence-corrected chi connectivity index (χ1v) is 6.84. The molecule has 0 bridgehead atoms. The van der Waals surface area contributed by atoms with Crippen LogP contribution >= 0.6 is 0 Å². The van der Waals surface area contributed by atoms with Crippen LogP contribution in [0, 0.1) is 6.92 Å². The third-order valence-corrected chi connectivity index (χ3v) is 3.42. The molecule has 4 nitrogen and oxygen atoms in total. The molecule has 0 saturated heterocycles. The highest BCUT2D eigenvalue weighted by atomic mass is 15.1. The molecule has 20 heavy (non-hydrogen) atoms. The normalized spacial score (nSPS) is 10.9. The lowest BCUT2D eigenvalue weighted by atomic mass is 10.2. The molecule has 2 heterocycles. The smallest absolute Gasteiger partial charge is 0.162 e. The van der Waals surface area contributed by atoms with E-state index in [4.69, 9.17) is 4.98 Å². The fourth-order valence-electron chi connectivity index (χ4n) is 2.41. The van der Waals surface area contributed by atoms with Crippen LogP contribution in [-0.4, -0.2) is 14.5 Å². The Bertz CT molecular complexity index is 744. The number of imidazole rings is 1. The molecule has 1 aromatic carbocycles. The molecule has 0 aliphatic carbocycles. The summed E-state index contributed by atoms with van der Waals surface area (Å²) in [7, 11) is 2.02. The lowest BCUT2D eigenvalue weighted by Crippen LogP contribution is -1.98. The summed E-state index contributed by atoms with van der Waals surface area (Å²) in [5, 5.41) is 3.44. The number of rotatable bonds is 3. The molecule has 0 spiro atoms. The average molecular weight is 266 g/mol. The van der Waals surface area contributed by atoms with Crippen molar-refractivity contribution >= 4 is 22.5 Å². The minimum atomic E-state index is 0.899. The van der Waals surface area contributed by atoms with Gasteiger partial charge in [-0.3, -0.25) is 0 Å². The maximum absolute atomic E-state index is 4.71. The van der Waals surface area contributed by atoms with Crippen molar-refractivity contribution in [1.29, 1.82) is 0 Å². The zero-order valence-electron chi connectivity index (χ0n) is 12.0. The minimum Gasteiger partial charge on any atom is -0.354 e. The zero-order valence-corrected chi connectivity index (χ0v) is 12.0. The largest absolute Gasteiger partial charge is 0.354 e. The first kappa shape index (κ1) is 12.7. The maximum Gasteiger partial charge on any atom is 0.162 e. The van der Waals surface area contributed by atoms with E-state index in [9.17, 15) is 0 Å². The van der Waals surface area contributed by atoms with Gasteiger partial charge in [0.15, 0.2) is 5.65 Å². The molecule has 0 unspecified atom stereocenters. The van der Waals surface area contributed by atoms with Crippen LogP contribution in [0.3, 0.4) is 0 Å². The van der Waals surface area contributed by atoms with E-state index in [1.54, 1.807) is 0 Å². The van der Waals surface area contributed by atoms with Gasteiger partial charge in [0.25, 0.3) is 0 Å². The van der Waals surface area contributed by atoms with Crippen LogP contribution in [-0.2, 0) is 13.5 Å². The third kappa shape index (κ3) is 2.13. The topological polar surface area (TPSA) is 42.7 Å². The first-order valence-electron chi connectivity index (χ1n) is 6.84. The van der Waals surface area contributed by atoms with Gasteiger partial charge in [-0.1, -0.05) is 25.1 Å². The van der Waals surface area contributed by atoms with Crippen LogP contribution in [0.25, 0.3) is 11.2 Å². The monoisotopic (exact) mass is 266 g/mol. The summed E-state index contributed by atoms with van der Waals surface area (Å²) in [6.45, 7) is 4.12. The van der Waals surface area contributed by atoms with Crippen molar-refractivity contribution in [3.63, 3.8) is 0 Å². The highest BCUT2D eigenvalue weighted by Crippen LogP contribution is 2.26. The van der Waals surface area contributed by atoms with Crippen LogP contribution in [0.15, 0.2) is 36.4 Å². The highest BCUT2D eigenvalue weighted by Gasteiger charge is 2.12. The minimum absolute atomic E-state index is 0.899. The molecule has 3 aromatic rings. The molecular formula is C16H18N4. The fourth-order valence-corrected chi connectivity index (χ4v) is 2.41. The Morgan fingerprint density at radius 2 is 1.90 bits per heavy atom. The number of nitrogens with one attached hydrogen (secondary N) is 1. The van der Waals surface area contributed by atoms with Gasteiger partial charge in [0.2, 0.25) is 0 Å². The van der Waals surface area contributed by atoms with Gasteiger partial charge in [0, 0.05) is 24.8 Å². The Balaban J connectivity index is 2.15. The van der Waals surface area contributed by atoms with Gasteiger partial charge >= 0.3 is 0 Å². The Morgan fingerprint density at radius 1 is 1.15 bits per heavy atom. The molecule has 4 heteroatoms. The highest BCUT2D eigenvalue weighted by molar-refractivity contribution is 5.88. The van der Waals surface area contributed by atoms with E-state index in [1.165, 1.54) is 0 Å². The first-order chi connectivity index (χ1) is 9.69. The van der Waals surface area contributed by atoms with E-state index in [0.717, 1.165) is 40.5 Å². The molecule has 0 radical (unpaired) electrons. The zero-order chi connectivity index (χ0) is 14.1. The van der Waals surface area contributed by atoms with Gasteiger partial charge in [-0.15, -0.1) is 0 Å². The van der Waals surface area contributed by atoms with Crippen molar-refractivity contribution < 1.29 is 0 Å². The summed E-state index contributed by atoms with van der Waals surface area (Å²) < 4.78 is 2.07. The maximum atomic E-state index is 4.71. The lowest BCUT2D eigenvalue weighted by molar-refractivity contribution is 0.820. The van der Waals surface area contributed by atoms with E-state index in [0.29, 0.717) is 0 Å². The lowest BCUT2D eigenvalue weighted by Gasteiger charge is -2.08. The molecule has 102 valence electrons. The van der Waals surface area contributed by atoms with Gasteiger partial charge in [-0.2, -0.15) is 0 Å². The fraction of sp³-hybridized carbons (Fsp3) is 0.250. The number of benzene rings is 1. The Labute approximate surface area is 118 Å². The van der Waals surface area contributed by atoms with Crippen LogP contribution in [0.2, 0.25) is 0 Å². The van der Waals surface area contributed by atoms with E-state index >= 15 is 0 Å². The molecule has 0 aliphatic rings. The summed E-state index contributed by atoms with van der Waals surface area (Å²) in [4.78, 5) is 9.31. The number of anilines is 2. The molecule has 0 saturated carbocycles. The van der Waals surface area contributed by atoms with Crippen LogP contribution in [0.4, 0.5) is 11.4 Å². The van der Waals surface area contributed by atoms with E-state index < -0.39 is 0 Å².